The van der Waals surface area contributed by atoms with Gasteiger partial charge in [-0.15, -0.1) is 11.3 Å². The SMILES string of the molecule is Cc1cnc(CN(C)[C@H]2CCN([C@@H](C)C(=O)Nc3nccs3)C2)o1. The van der Waals surface area contributed by atoms with Gasteiger partial charge in [-0.3, -0.25) is 14.6 Å². The van der Waals surface area contributed by atoms with Crippen LogP contribution in [0.25, 0.3) is 0 Å². The quantitative estimate of drug-likeness (QED) is 0.859. The summed E-state index contributed by atoms with van der Waals surface area (Å²) >= 11 is 1.43. The van der Waals surface area contributed by atoms with Gasteiger partial charge in [0.15, 0.2) is 5.13 Å². The first kappa shape index (κ1) is 17.1. The van der Waals surface area contributed by atoms with Crippen LogP contribution in [0.15, 0.2) is 22.2 Å². The van der Waals surface area contributed by atoms with Crippen molar-refractivity contribution in [2.75, 3.05) is 25.5 Å². The van der Waals surface area contributed by atoms with Crippen molar-refractivity contribution in [3.8, 4) is 0 Å². The highest BCUT2D eigenvalue weighted by molar-refractivity contribution is 7.13. The number of nitrogens with zero attached hydrogens (tertiary/aromatic N) is 4. The van der Waals surface area contributed by atoms with Gasteiger partial charge >= 0.3 is 0 Å². The Morgan fingerprint density at radius 3 is 3.08 bits per heavy atom. The second kappa shape index (κ2) is 7.42. The molecule has 8 heteroatoms. The van der Waals surface area contributed by atoms with Crippen molar-refractivity contribution in [1.29, 1.82) is 0 Å². The summed E-state index contributed by atoms with van der Waals surface area (Å²) in [6.45, 7) is 6.31. The molecule has 0 spiro atoms. The van der Waals surface area contributed by atoms with Gasteiger partial charge in [0.05, 0.1) is 18.8 Å². The normalized spacial score (nSPS) is 19.8. The number of anilines is 1. The predicted octanol–water partition coefficient (Wildman–Crippen LogP) is 1.97. The lowest BCUT2D eigenvalue weighted by atomic mass is 10.2. The van der Waals surface area contributed by atoms with E-state index < -0.39 is 0 Å². The average molecular weight is 349 g/mol. The minimum atomic E-state index is -0.170. The van der Waals surface area contributed by atoms with Crippen LogP contribution in [0.1, 0.15) is 25.0 Å². The number of nitrogens with one attached hydrogen (secondary N) is 1. The average Bonchev–Trinajstić information content (AvgIpc) is 3.28. The molecule has 1 saturated heterocycles. The van der Waals surface area contributed by atoms with Crippen molar-refractivity contribution >= 4 is 22.4 Å². The van der Waals surface area contributed by atoms with E-state index in [9.17, 15) is 4.79 Å². The van der Waals surface area contributed by atoms with Gasteiger partial charge < -0.3 is 9.73 Å². The van der Waals surface area contributed by atoms with Crippen LogP contribution in [0.5, 0.6) is 0 Å². The Balaban J connectivity index is 1.51. The zero-order valence-corrected chi connectivity index (χ0v) is 15.0. The summed E-state index contributed by atoms with van der Waals surface area (Å²) in [5, 5.41) is 5.38. The predicted molar refractivity (Wildman–Crippen MR) is 92.9 cm³/mol. The van der Waals surface area contributed by atoms with Crippen LogP contribution in [0.4, 0.5) is 5.13 Å². The summed E-state index contributed by atoms with van der Waals surface area (Å²) in [6.07, 6.45) is 4.47. The molecule has 0 saturated carbocycles. The number of oxazole rings is 1. The number of rotatable bonds is 6. The fourth-order valence-corrected chi connectivity index (χ4v) is 3.49. The maximum absolute atomic E-state index is 12.3. The number of aryl methyl sites for hydroxylation is 1. The summed E-state index contributed by atoms with van der Waals surface area (Å²) in [5.74, 6) is 1.57. The van der Waals surface area contributed by atoms with Crippen LogP contribution in [0.3, 0.4) is 0 Å². The molecule has 2 atom stereocenters. The third-order valence-corrected chi connectivity index (χ3v) is 5.15. The lowest BCUT2D eigenvalue weighted by molar-refractivity contribution is -0.120. The Morgan fingerprint density at radius 1 is 1.58 bits per heavy atom. The van der Waals surface area contributed by atoms with Crippen molar-refractivity contribution in [3.05, 3.63) is 29.4 Å². The minimum Gasteiger partial charge on any atom is -0.445 e. The van der Waals surface area contributed by atoms with Crippen molar-refractivity contribution in [2.45, 2.75) is 38.9 Å². The van der Waals surface area contributed by atoms with Gasteiger partial charge in [0.25, 0.3) is 0 Å². The molecular weight excluding hydrogens is 326 g/mol. The first-order chi connectivity index (χ1) is 11.5. The van der Waals surface area contributed by atoms with Crippen molar-refractivity contribution in [2.24, 2.45) is 0 Å². The van der Waals surface area contributed by atoms with Crippen molar-refractivity contribution < 1.29 is 9.21 Å². The molecule has 0 radical (unpaired) electrons. The summed E-state index contributed by atoms with van der Waals surface area (Å²) in [7, 11) is 2.08. The van der Waals surface area contributed by atoms with Gasteiger partial charge in [0, 0.05) is 30.7 Å². The first-order valence-electron chi connectivity index (χ1n) is 8.09. The molecule has 0 aliphatic carbocycles. The number of thiazole rings is 1. The summed E-state index contributed by atoms with van der Waals surface area (Å²) in [5.41, 5.74) is 0. The number of carbonyl (C=O) groups excluding carboxylic acids is 1. The molecule has 0 bridgehead atoms. The number of likely N-dealkylation sites (N-methyl/N-ethyl adjacent to an activating group) is 1. The molecule has 1 fully saturated rings. The maximum Gasteiger partial charge on any atom is 0.243 e. The summed E-state index contributed by atoms with van der Waals surface area (Å²) in [6, 6.07) is 0.226. The molecule has 1 amide bonds. The number of likely N-dealkylation sites (tertiary alicyclic amines) is 1. The molecule has 1 N–H and O–H groups in total. The molecule has 3 rings (SSSR count). The number of hydrogen-bond donors (Lipinski definition) is 1. The Bertz CT molecular complexity index is 672. The topological polar surface area (TPSA) is 74.5 Å². The molecule has 24 heavy (non-hydrogen) atoms. The smallest absolute Gasteiger partial charge is 0.243 e. The first-order valence-corrected chi connectivity index (χ1v) is 8.97. The van der Waals surface area contributed by atoms with Crippen LogP contribution in [-0.4, -0.2) is 57.9 Å². The highest BCUT2D eigenvalue weighted by atomic mass is 32.1. The molecule has 0 aromatic carbocycles. The molecule has 2 aromatic rings. The van der Waals surface area contributed by atoms with E-state index in [1.807, 2.05) is 19.2 Å². The zero-order chi connectivity index (χ0) is 17.1. The van der Waals surface area contributed by atoms with Crippen LogP contribution >= 0.6 is 11.3 Å². The molecule has 2 aromatic heterocycles. The van der Waals surface area contributed by atoms with Crippen LogP contribution in [0.2, 0.25) is 0 Å². The van der Waals surface area contributed by atoms with Gasteiger partial charge in [-0.05, 0) is 27.3 Å². The van der Waals surface area contributed by atoms with Gasteiger partial charge in [-0.1, -0.05) is 0 Å². The van der Waals surface area contributed by atoms with Gasteiger partial charge in [-0.2, -0.15) is 0 Å². The minimum absolute atomic E-state index is 0.00317. The summed E-state index contributed by atoms with van der Waals surface area (Å²) in [4.78, 5) is 25.2. The fraction of sp³-hybridized carbons (Fsp3) is 0.562. The van der Waals surface area contributed by atoms with Crippen LogP contribution < -0.4 is 5.32 Å². The van der Waals surface area contributed by atoms with Crippen molar-refractivity contribution in [3.63, 3.8) is 0 Å². The standard InChI is InChI=1S/C16H23N5O2S/c1-11-8-18-14(23-11)10-20(3)13-4-6-21(9-13)12(2)15(22)19-16-17-5-7-24-16/h5,7-8,12-13H,4,6,9-10H2,1-3H3,(H,17,19,22)/t12-,13-/m0/s1. The van der Waals surface area contributed by atoms with E-state index in [4.69, 9.17) is 4.42 Å². The second-order valence-electron chi connectivity index (χ2n) is 6.22. The number of carbonyl (C=O) groups is 1. The molecule has 1 aliphatic heterocycles. The third kappa shape index (κ3) is 4.00. The van der Waals surface area contributed by atoms with E-state index in [1.165, 1.54) is 11.3 Å². The van der Waals surface area contributed by atoms with Crippen LogP contribution in [-0.2, 0) is 11.3 Å². The maximum atomic E-state index is 12.3. The fourth-order valence-electron chi connectivity index (χ4n) is 2.96. The number of aromatic nitrogens is 2. The Hall–Kier alpha value is -1.77. The second-order valence-corrected chi connectivity index (χ2v) is 7.11. The highest BCUT2D eigenvalue weighted by Gasteiger charge is 2.32. The molecule has 7 nitrogen and oxygen atoms in total. The lowest BCUT2D eigenvalue weighted by Crippen LogP contribution is -2.42. The van der Waals surface area contributed by atoms with Gasteiger partial charge in [0.2, 0.25) is 11.8 Å². The number of amides is 1. The van der Waals surface area contributed by atoms with E-state index >= 15 is 0 Å². The van der Waals surface area contributed by atoms with Gasteiger partial charge in [0.1, 0.15) is 5.76 Å². The Kier molecular flexibility index (Phi) is 5.27. The highest BCUT2D eigenvalue weighted by Crippen LogP contribution is 2.20. The molecule has 3 heterocycles. The van der Waals surface area contributed by atoms with E-state index in [1.54, 1.807) is 12.4 Å². The molecule has 0 unspecified atom stereocenters. The zero-order valence-electron chi connectivity index (χ0n) is 14.2. The largest absolute Gasteiger partial charge is 0.445 e. The van der Waals surface area contributed by atoms with Gasteiger partial charge in [-0.25, -0.2) is 9.97 Å². The lowest BCUT2D eigenvalue weighted by Gasteiger charge is -2.26. The third-order valence-electron chi connectivity index (χ3n) is 4.46. The Morgan fingerprint density at radius 2 is 2.42 bits per heavy atom. The monoisotopic (exact) mass is 349 g/mol. The van der Waals surface area contributed by atoms with Crippen molar-refractivity contribution in [1.82, 2.24) is 19.8 Å². The summed E-state index contributed by atoms with van der Waals surface area (Å²) < 4.78 is 5.55. The van der Waals surface area contributed by atoms with Crippen LogP contribution in [0, 0.1) is 6.92 Å². The Labute approximate surface area is 145 Å². The van der Waals surface area contributed by atoms with E-state index in [-0.39, 0.29) is 11.9 Å². The molecular formula is C16H23N5O2S. The number of hydrogen-bond acceptors (Lipinski definition) is 7. The van der Waals surface area contributed by atoms with E-state index in [0.29, 0.717) is 17.7 Å². The molecule has 1 aliphatic rings. The van der Waals surface area contributed by atoms with E-state index in [0.717, 1.165) is 31.2 Å². The van der Waals surface area contributed by atoms with E-state index in [2.05, 4.69) is 32.1 Å². The molecule has 130 valence electrons.